The van der Waals surface area contributed by atoms with Crippen LogP contribution in [0.1, 0.15) is 51.9 Å². The minimum atomic E-state index is -2.82. The van der Waals surface area contributed by atoms with Crippen LogP contribution in [0.15, 0.2) is 91.0 Å². The van der Waals surface area contributed by atoms with E-state index in [2.05, 4.69) is 109 Å². The van der Waals surface area contributed by atoms with Gasteiger partial charge in [-0.3, -0.25) is 0 Å². The van der Waals surface area contributed by atoms with Crippen LogP contribution in [0.4, 0.5) is 0 Å². The van der Waals surface area contributed by atoms with Gasteiger partial charge < -0.3 is 0 Å². The maximum atomic E-state index is 3.91. The van der Waals surface area contributed by atoms with Crippen LogP contribution in [-0.2, 0) is 0 Å². The average Bonchev–Trinajstić information content (AvgIpc) is 2.80. The summed E-state index contributed by atoms with van der Waals surface area (Å²) >= 11 is -2.82. The van der Waals surface area contributed by atoms with Crippen LogP contribution in [0, 0.1) is 10.6 Å². The molecule has 0 atom stereocenters. The van der Waals surface area contributed by atoms with Gasteiger partial charge in [-0.2, -0.15) is 0 Å². The van der Waals surface area contributed by atoms with Crippen LogP contribution in [0.5, 0.6) is 0 Å². The van der Waals surface area contributed by atoms with E-state index in [1.807, 2.05) is 0 Å². The molecule has 3 aromatic carbocycles. The van der Waals surface area contributed by atoms with Gasteiger partial charge >= 0.3 is 180 Å². The Balaban J connectivity index is 1.95. The first kappa shape index (κ1) is 21.5. The van der Waals surface area contributed by atoms with Gasteiger partial charge in [0, 0.05) is 0 Å². The molecule has 0 saturated carbocycles. The number of rotatable bonds is 9. The van der Waals surface area contributed by atoms with Gasteiger partial charge in [0.25, 0.3) is 0 Å². The first-order chi connectivity index (χ1) is 14.4. The second-order valence-corrected chi connectivity index (χ2v) is 14.0. The van der Waals surface area contributed by atoms with Crippen molar-refractivity contribution < 1.29 is 0 Å². The maximum absolute atomic E-state index is 3.91. The van der Waals surface area contributed by atoms with Crippen LogP contribution in [-0.4, -0.2) is 13.6 Å². The van der Waals surface area contributed by atoms with Gasteiger partial charge in [-0.15, -0.1) is 0 Å². The molecular weight excluding hydrogens is 411 g/mol. The number of unbranched alkanes of at least 4 members (excludes halogenated alkanes) is 6. The fourth-order valence-corrected chi connectivity index (χ4v) is 11.1. The zero-order chi connectivity index (χ0) is 20.2. The fourth-order valence-electron chi connectivity index (χ4n) is 3.76. The Morgan fingerprint density at radius 1 is 0.552 bits per heavy atom. The van der Waals surface area contributed by atoms with Gasteiger partial charge in [0.05, 0.1) is 0 Å². The molecule has 0 saturated heterocycles. The van der Waals surface area contributed by atoms with E-state index in [9.17, 15) is 0 Å². The van der Waals surface area contributed by atoms with Crippen molar-refractivity contribution in [1.82, 2.24) is 0 Å². The van der Waals surface area contributed by atoms with Crippen molar-refractivity contribution in [2.24, 2.45) is 0 Å². The number of hydrogen-bond donors (Lipinski definition) is 0. The van der Waals surface area contributed by atoms with E-state index in [1.54, 1.807) is 0 Å². The van der Waals surface area contributed by atoms with Gasteiger partial charge in [-0.25, -0.2) is 0 Å². The molecule has 0 aliphatic rings. The van der Waals surface area contributed by atoms with Gasteiger partial charge in [0.1, 0.15) is 0 Å². The normalized spacial score (nSPS) is 10.9. The average molecular weight is 443 g/mol. The number of hydrogen-bond acceptors (Lipinski definition) is 0. The molecule has 0 fully saturated rings. The molecule has 0 radical (unpaired) electrons. The summed E-state index contributed by atoms with van der Waals surface area (Å²) in [6.07, 6.45) is 8.89. The van der Waals surface area contributed by atoms with Gasteiger partial charge in [-0.05, 0) is 0 Å². The topological polar surface area (TPSA) is 0 Å². The summed E-state index contributed by atoms with van der Waals surface area (Å²) in [6.45, 7) is 2.27. The molecule has 0 aromatic heterocycles. The van der Waals surface area contributed by atoms with Crippen LogP contribution in [0.25, 0.3) is 0 Å². The molecule has 3 rings (SSSR count). The third kappa shape index (κ3) is 5.65. The first-order valence-electron chi connectivity index (χ1n) is 10.9. The molecule has 0 nitrogen and oxygen atoms in total. The summed E-state index contributed by atoms with van der Waals surface area (Å²) in [5, 5.41) is 0. The predicted molar refractivity (Wildman–Crippen MR) is 130 cm³/mol. The Morgan fingerprint density at radius 3 is 1.41 bits per heavy atom. The van der Waals surface area contributed by atoms with Crippen molar-refractivity contribution >= 4 is 26.6 Å². The second kappa shape index (κ2) is 11.7. The molecule has 0 aliphatic heterocycles. The Labute approximate surface area is 179 Å². The van der Waals surface area contributed by atoms with Crippen molar-refractivity contribution in [1.29, 1.82) is 0 Å². The van der Waals surface area contributed by atoms with Crippen molar-refractivity contribution in [3.8, 4) is 10.6 Å². The van der Waals surface area contributed by atoms with E-state index < -0.39 is 13.6 Å². The van der Waals surface area contributed by atoms with Gasteiger partial charge in [0.15, 0.2) is 0 Å². The van der Waals surface area contributed by atoms with E-state index in [1.165, 1.54) is 51.6 Å². The quantitative estimate of drug-likeness (QED) is 0.234. The Hall–Kier alpha value is -2.22. The molecule has 0 unspecified atom stereocenters. The molecule has 0 heterocycles. The van der Waals surface area contributed by atoms with E-state index in [4.69, 9.17) is 0 Å². The van der Waals surface area contributed by atoms with Gasteiger partial charge in [-0.1, -0.05) is 0 Å². The van der Waals surface area contributed by atoms with E-state index in [0.717, 1.165) is 6.42 Å². The molecule has 3 aromatic rings. The molecular formula is C28H32As+. The summed E-state index contributed by atoms with van der Waals surface area (Å²) < 4.78 is 8.11. The number of benzene rings is 3. The summed E-state index contributed by atoms with van der Waals surface area (Å²) in [5.74, 6) is 3.64. The molecule has 0 N–H and O–H groups in total. The van der Waals surface area contributed by atoms with Crippen LogP contribution in [0.3, 0.4) is 0 Å². The summed E-state index contributed by atoms with van der Waals surface area (Å²) in [7, 11) is 0. The fraction of sp³-hybridized carbons (Fsp3) is 0.286. The van der Waals surface area contributed by atoms with Crippen molar-refractivity contribution in [3.05, 3.63) is 91.0 Å². The SMILES string of the molecule is CCCCCCCCC#C[As+](c1ccccc1)(c1ccccc1)c1ccccc1. The zero-order valence-corrected chi connectivity index (χ0v) is 19.4. The third-order valence-corrected chi connectivity index (χ3v) is 13.1. The first-order valence-corrected chi connectivity index (χ1v) is 14.7. The summed E-state index contributed by atoms with van der Waals surface area (Å²) in [6, 6.07) is 33.0. The molecule has 148 valence electrons. The monoisotopic (exact) mass is 443 g/mol. The van der Waals surface area contributed by atoms with Crippen LogP contribution < -0.4 is 13.1 Å². The summed E-state index contributed by atoms with van der Waals surface area (Å²) in [5.41, 5.74) is 0. The van der Waals surface area contributed by atoms with Crippen molar-refractivity contribution in [3.63, 3.8) is 0 Å². The van der Waals surface area contributed by atoms with Crippen molar-refractivity contribution in [2.45, 2.75) is 51.9 Å². The predicted octanol–water partition coefficient (Wildman–Crippen LogP) is 5.45. The molecule has 0 aliphatic carbocycles. The molecule has 0 spiro atoms. The van der Waals surface area contributed by atoms with E-state index in [-0.39, 0.29) is 0 Å². The zero-order valence-electron chi connectivity index (χ0n) is 17.6. The molecule has 1 heteroatoms. The van der Waals surface area contributed by atoms with Crippen LogP contribution in [0.2, 0.25) is 0 Å². The van der Waals surface area contributed by atoms with E-state index >= 15 is 0 Å². The molecule has 0 amide bonds. The Morgan fingerprint density at radius 2 is 0.966 bits per heavy atom. The second-order valence-electron chi connectivity index (χ2n) is 7.48. The molecule has 0 bridgehead atoms. The van der Waals surface area contributed by atoms with Crippen LogP contribution >= 0.6 is 0 Å². The Kier molecular flexibility index (Phi) is 8.67. The van der Waals surface area contributed by atoms with Crippen molar-refractivity contribution in [2.75, 3.05) is 0 Å². The Bertz CT molecular complexity index is 792. The van der Waals surface area contributed by atoms with E-state index in [0.29, 0.717) is 0 Å². The standard InChI is InChI=1S/C28H32As/c1-2-3-4-5-6-7-8-18-25-29(26-19-12-9-13-20-26,27-21-14-10-15-22-27)28-23-16-11-17-24-28/h9-17,19-24H,2-8H2,1H3/q+1. The summed E-state index contributed by atoms with van der Waals surface area (Å²) in [4.78, 5) is 0. The molecule has 29 heavy (non-hydrogen) atoms. The minimum absolute atomic E-state index is 1.00. The third-order valence-electron chi connectivity index (χ3n) is 5.33. The van der Waals surface area contributed by atoms with Gasteiger partial charge in [0.2, 0.25) is 0 Å².